The molecule has 0 aromatic carbocycles. The summed E-state index contributed by atoms with van der Waals surface area (Å²) in [7, 11) is 0. The van der Waals surface area contributed by atoms with Gasteiger partial charge in [-0.1, -0.05) is 349 Å². The lowest BCUT2D eigenvalue weighted by Crippen LogP contribution is -2.42. The van der Waals surface area contributed by atoms with Crippen molar-refractivity contribution in [3.63, 3.8) is 0 Å². The van der Waals surface area contributed by atoms with E-state index in [2.05, 4.69) is 54.6 Å². The Morgan fingerprint density at radius 2 is 0.449 bits per heavy atom. The summed E-state index contributed by atoms with van der Waals surface area (Å²) in [6.07, 6.45) is 73.4. The highest BCUT2D eigenvalue weighted by atomic mass is 16.5. The van der Waals surface area contributed by atoms with Crippen molar-refractivity contribution >= 4 is 17.9 Å². The average molecular weight is 1390 g/mol. The fourth-order valence-corrected chi connectivity index (χ4v) is 14.0. The van der Waals surface area contributed by atoms with Gasteiger partial charge in [-0.15, -0.1) is 0 Å². The number of hydrogen-bond donors (Lipinski definition) is 3. The van der Waals surface area contributed by atoms with Crippen molar-refractivity contribution in [2.24, 2.45) is 0 Å². The number of nitrogens with zero attached hydrogens (tertiary/aromatic N) is 3. The smallest absolute Gasteiger partial charge is 0.305 e. The van der Waals surface area contributed by atoms with Crippen LogP contribution in [0.4, 0.5) is 0 Å². The van der Waals surface area contributed by atoms with E-state index in [1.54, 1.807) is 0 Å². The van der Waals surface area contributed by atoms with Crippen molar-refractivity contribution in [2.45, 2.75) is 445 Å². The van der Waals surface area contributed by atoms with E-state index in [9.17, 15) is 24.6 Å². The third-order valence-corrected chi connectivity index (χ3v) is 20.4. The van der Waals surface area contributed by atoms with Gasteiger partial charge in [0.05, 0.1) is 32.0 Å². The highest BCUT2D eigenvalue weighted by Crippen LogP contribution is 2.18. The van der Waals surface area contributed by atoms with Crippen LogP contribution in [0, 0.1) is 0 Å². The molecule has 0 spiro atoms. The zero-order valence-corrected chi connectivity index (χ0v) is 66.6. The summed E-state index contributed by atoms with van der Waals surface area (Å²) < 4.78 is 17.0. The van der Waals surface area contributed by atoms with E-state index in [1.807, 2.05) is 0 Å². The number of aliphatic hydroxyl groups is 2. The first kappa shape index (κ1) is 96.2. The molecule has 0 bridgehead atoms. The Labute approximate surface area is 610 Å². The van der Waals surface area contributed by atoms with Gasteiger partial charge in [-0.3, -0.25) is 14.4 Å². The van der Waals surface area contributed by atoms with E-state index in [-0.39, 0.29) is 17.9 Å². The maximum absolute atomic E-state index is 13.0. The molecule has 98 heavy (non-hydrogen) atoms. The quantitative estimate of drug-likeness (QED) is 0.0303. The number of rotatable bonds is 84. The molecule has 0 saturated heterocycles. The van der Waals surface area contributed by atoms with Gasteiger partial charge in [0.2, 0.25) is 0 Å². The van der Waals surface area contributed by atoms with Crippen LogP contribution < -0.4 is 5.32 Å². The van der Waals surface area contributed by atoms with Crippen LogP contribution in [0.15, 0.2) is 0 Å². The number of esters is 3. The summed E-state index contributed by atoms with van der Waals surface area (Å²) in [6, 6.07) is 0. The number of unbranched alkanes of at least 4 members (excludes halogenated alkanes) is 50. The van der Waals surface area contributed by atoms with Gasteiger partial charge in [0.15, 0.2) is 0 Å². The number of nitrogens with one attached hydrogen (secondary N) is 1. The van der Waals surface area contributed by atoms with Crippen LogP contribution in [-0.4, -0.2) is 147 Å². The van der Waals surface area contributed by atoms with Crippen LogP contribution in [-0.2, 0) is 28.6 Å². The molecule has 584 valence electrons. The lowest BCUT2D eigenvalue weighted by molar-refractivity contribution is -0.144. The maximum Gasteiger partial charge on any atom is 0.305 e. The first-order chi connectivity index (χ1) is 48.2. The summed E-state index contributed by atoms with van der Waals surface area (Å²) in [4.78, 5) is 45.8. The average Bonchev–Trinajstić information content (AvgIpc) is 2.41. The Balaban J connectivity index is 5.71. The largest absolute Gasteiger partial charge is 0.466 e. The Morgan fingerprint density at radius 1 is 0.255 bits per heavy atom. The van der Waals surface area contributed by atoms with Crippen molar-refractivity contribution in [3.8, 4) is 0 Å². The van der Waals surface area contributed by atoms with Crippen LogP contribution in [0.5, 0.6) is 0 Å². The van der Waals surface area contributed by atoms with E-state index in [0.717, 1.165) is 90.4 Å². The fourth-order valence-electron chi connectivity index (χ4n) is 14.0. The third-order valence-electron chi connectivity index (χ3n) is 20.4. The van der Waals surface area contributed by atoms with Gasteiger partial charge >= 0.3 is 17.9 Å². The molecular weight excluding hydrogens is 1220 g/mol. The minimum absolute atomic E-state index is 0.110. The SMILES string of the molecule is CCCCCCCCCCCCCCOC(=O)CCCN(CCCC(=O)OCCCCCCCCCCCC)CC(O)CN(CCCCCCCCCCCCCC)CCCCN(CCCCCCCCCCCC)CC(O)CNCCCC(=O)OCCCCCCCCCCCC. The second kappa shape index (κ2) is 80.8. The summed E-state index contributed by atoms with van der Waals surface area (Å²) in [5.74, 6) is -0.378. The number of carbonyl (C=O) groups excluding carboxylic acids is 3. The molecule has 0 fully saturated rings. The van der Waals surface area contributed by atoms with E-state index in [0.29, 0.717) is 104 Å². The van der Waals surface area contributed by atoms with Crippen molar-refractivity contribution in [1.29, 1.82) is 0 Å². The third kappa shape index (κ3) is 75.3. The minimum atomic E-state index is -0.566. The Kier molecular flexibility index (Phi) is 79.3. The lowest BCUT2D eigenvalue weighted by atomic mass is 10.1. The Morgan fingerprint density at radius 3 is 0.704 bits per heavy atom. The maximum atomic E-state index is 13.0. The number of ether oxygens (including phenoxy) is 3. The highest BCUT2D eigenvalue weighted by molar-refractivity contribution is 5.70. The van der Waals surface area contributed by atoms with Crippen molar-refractivity contribution in [2.75, 3.05) is 91.8 Å². The molecular formula is C86H172N4O8. The molecule has 0 aliphatic heterocycles. The van der Waals surface area contributed by atoms with Crippen LogP contribution >= 0.6 is 0 Å². The van der Waals surface area contributed by atoms with Gasteiger partial charge in [0, 0.05) is 45.4 Å². The lowest BCUT2D eigenvalue weighted by Gasteiger charge is -2.30. The molecule has 0 rings (SSSR count). The molecule has 2 atom stereocenters. The molecule has 0 saturated carbocycles. The van der Waals surface area contributed by atoms with E-state index in [4.69, 9.17) is 14.2 Å². The van der Waals surface area contributed by atoms with Crippen molar-refractivity contribution < 1.29 is 38.8 Å². The van der Waals surface area contributed by atoms with Crippen molar-refractivity contribution in [3.05, 3.63) is 0 Å². The van der Waals surface area contributed by atoms with Gasteiger partial charge in [0.25, 0.3) is 0 Å². The second-order valence-corrected chi connectivity index (χ2v) is 30.4. The van der Waals surface area contributed by atoms with Crippen LogP contribution in [0.25, 0.3) is 0 Å². The predicted molar refractivity (Wildman–Crippen MR) is 422 cm³/mol. The number of hydrogen-bond acceptors (Lipinski definition) is 12. The Bertz CT molecular complexity index is 1590. The van der Waals surface area contributed by atoms with E-state index in [1.165, 1.54) is 295 Å². The molecule has 0 heterocycles. The molecule has 3 N–H and O–H groups in total. The first-order valence-corrected chi connectivity index (χ1v) is 43.9. The Hall–Kier alpha value is -1.83. The molecule has 0 aliphatic rings. The minimum Gasteiger partial charge on any atom is -0.466 e. The zero-order valence-electron chi connectivity index (χ0n) is 66.6. The fraction of sp³-hybridized carbons (Fsp3) is 0.965. The predicted octanol–water partition coefficient (Wildman–Crippen LogP) is 23.1. The van der Waals surface area contributed by atoms with Crippen LogP contribution in [0.1, 0.15) is 433 Å². The van der Waals surface area contributed by atoms with Gasteiger partial charge in [-0.25, -0.2) is 0 Å². The summed E-state index contributed by atoms with van der Waals surface area (Å²) >= 11 is 0. The normalized spacial score (nSPS) is 12.4. The number of aliphatic hydroxyl groups excluding tert-OH is 2. The van der Waals surface area contributed by atoms with Gasteiger partial charge in [0.1, 0.15) is 0 Å². The zero-order chi connectivity index (χ0) is 71.2. The molecule has 12 nitrogen and oxygen atoms in total. The van der Waals surface area contributed by atoms with Gasteiger partial charge in [-0.2, -0.15) is 0 Å². The summed E-state index contributed by atoms with van der Waals surface area (Å²) in [5, 5.41) is 26.9. The second-order valence-electron chi connectivity index (χ2n) is 30.4. The molecule has 0 aliphatic carbocycles. The van der Waals surface area contributed by atoms with Gasteiger partial charge < -0.3 is 44.4 Å². The molecule has 0 amide bonds. The summed E-state index contributed by atoms with van der Waals surface area (Å²) in [6.45, 7) is 21.0. The molecule has 0 radical (unpaired) electrons. The number of carbonyl (C=O) groups is 3. The van der Waals surface area contributed by atoms with E-state index < -0.39 is 12.2 Å². The molecule has 12 heteroatoms. The monoisotopic (exact) mass is 1390 g/mol. The molecule has 0 aromatic heterocycles. The topological polar surface area (TPSA) is 141 Å². The van der Waals surface area contributed by atoms with Crippen LogP contribution in [0.2, 0.25) is 0 Å². The molecule has 2 unspecified atom stereocenters. The summed E-state index contributed by atoms with van der Waals surface area (Å²) in [5.41, 5.74) is 0. The first-order valence-electron chi connectivity index (χ1n) is 43.9. The molecule has 0 aromatic rings. The van der Waals surface area contributed by atoms with Gasteiger partial charge in [-0.05, 0) is 110 Å². The standard InChI is InChI=1S/C86H172N4O8/c1-6-11-16-21-26-31-36-38-41-46-51-56-70-89(72-58-57-71-88(69-55-50-45-40-33-28-23-18-13-8-3)79-82(91)78-87-68-62-65-84(93)96-75-59-52-47-42-34-29-24-19-14-9-4)80-83(92)81-90(73-63-66-85(94)97-76-60-53-48-43-35-30-25-20-15-10-5)74-64-67-86(95)98-77-61-54-49-44-39-37-32-27-22-17-12-7-2/h82-83,87,91-92H,6-81H2,1-5H3. The highest BCUT2D eigenvalue weighted by Gasteiger charge is 2.19. The van der Waals surface area contributed by atoms with E-state index >= 15 is 0 Å². The van der Waals surface area contributed by atoms with Crippen LogP contribution in [0.3, 0.4) is 0 Å². The van der Waals surface area contributed by atoms with Crippen molar-refractivity contribution in [1.82, 2.24) is 20.0 Å².